The van der Waals surface area contributed by atoms with Crippen molar-refractivity contribution in [3.63, 3.8) is 0 Å². The van der Waals surface area contributed by atoms with Crippen molar-refractivity contribution < 1.29 is 9.90 Å². The van der Waals surface area contributed by atoms with Gasteiger partial charge in [-0.15, -0.1) is 0 Å². The fourth-order valence-electron chi connectivity index (χ4n) is 3.61. The van der Waals surface area contributed by atoms with Gasteiger partial charge in [-0.1, -0.05) is 12.8 Å². The molecule has 0 bridgehead atoms. The van der Waals surface area contributed by atoms with Gasteiger partial charge >= 0.3 is 0 Å². The van der Waals surface area contributed by atoms with Gasteiger partial charge in [0.25, 0.3) is 0 Å². The Morgan fingerprint density at radius 1 is 1.26 bits per heavy atom. The second-order valence-corrected chi connectivity index (χ2v) is 7.57. The summed E-state index contributed by atoms with van der Waals surface area (Å²) in [6.07, 6.45) is 4.24. The summed E-state index contributed by atoms with van der Waals surface area (Å²) in [5.74, 6) is 0.167. The van der Waals surface area contributed by atoms with Crippen molar-refractivity contribution in [3.8, 4) is 0 Å². The number of thiophene rings is 1. The molecule has 2 fully saturated rings. The number of carbonyl (C=O) groups is 1. The smallest absolute Gasteiger partial charge is 0.236 e. The van der Waals surface area contributed by atoms with Gasteiger partial charge in [0, 0.05) is 38.3 Å². The molecular weight excluding hydrogens is 310 g/mol. The average molecular weight is 337 g/mol. The van der Waals surface area contributed by atoms with Gasteiger partial charge in [-0.05, 0) is 35.2 Å². The summed E-state index contributed by atoms with van der Waals surface area (Å²) in [6.45, 7) is 4.95. The van der Waals surface area contributed by atoms with Crippen LogP contribution in [0.15, 0.2) is 16.8 Å². The van der Waals surface area contributed by atoms with Crippen molar-refractivity contribution in [1.29, 1.82) is 0 Å². The lowest BCUT2D eigenvalue weighted by atomic mass is 9.99. The van der Waals surface area contributed by atoms with E-state index in [-0.39, 0.29) is 18.1 Å². The van der Waals surface area contributed by atoms with E-state index in [9.17, 15) is 9.90 Å². The minimum Gasteiger partial charge on any atom is -0.394 e. The number of nitrogens with zero attached hydrogens (tertiary/aromatic N) is 2. The molecule has 0 unspecified atom stereocenters. The Labute approximate surface area is 142 Å². The second kappa shape index (κ2) is 7.75. The van der Waals surface area contributed by atoms with E-state index < -0.39 is 0 Å². The molecule has 1 aliphatic heterocycles. The van der Waals surface area contributed by atoms with Crippen molar-refractivity contribution in [2.75, 3.05) is 39.3 Å². The number of amides is 1. The first-order chi connectivity index (χ1) is 11.2. The lowest BCUT2D eigenvalue weighted by Gasteiger charge is -2.36. The van der Waals surface area contributed by atoms with E-state index in [1.165, 1.54) is 5.56 Å². The molecule has 23 heavy (non-hydrogen) atoms. The molecule has 1 saturated carbocycles. The van der Waals surface area contributed by atoms with Crippen LogP contribution in [0.3, 0.4) is 0 Å². The SMILES string of the molecule is O=C(CNC1(CO)CCCC1)N1CCN(Cc2ccsc2)CC1. The Balaban J connectivity index is 1.41. The van der Waals surface area contributed by atoms with Gasteiger partial charge in [-0.3, -0.25) is 9.69 Å². The molecular formula is C17H27N3O2S. The molecule has 0 aromatic carbocycles. The van der Waals surface area contributed by atoms with Gasteiger partial charge < -0.3 is 15.3 Å². The standard InChI is InChI=1S/C17H27N3O2S/c21-14-17(4-1-2-5-17)18-11-16(22)20-8-6-19(7-9-20)12-15-3-10-23-13-15/h3,10,13,18,21H,1-2,4-9,11-12,14H2. The van der Waals surface area contributed by atoms with Crippen LogP contribution in [-0.2, 0) is 11.3 Å². The fourth-order valence-corrected chi connectivity index (χ4v) is 4.27. The lowest BCUT2D eigenvalue weighted by molar-refractivity contribution is -0.132. The third-order valence-electron chi connectivity index (χ3n) is 5.19. The molecule has 6 heteroatoms. The normalized spacial score (nSPS) is 21.7. The maximum Gasteiger partial charge on any atom is 0.236 e. The molecule has 2 heterocycles. The summed E-state index contributed by atoms with van der Waals surface area (Å²) < 4.78 is 0. The van der Waals surface area contributed by atoms with Crippen molar-refractivity contribution in [3.05, 3.63) is 22.4 Å². The number of rotatable bonds is 6. The van der Waals surface area contributed by atoms with E-state index in [1.54, 1.807) is 11.3 Å². The van der Waals surface area contributed by atoms with Crippen LogP contribution in [0.2, 0.25) is 0 Å². The number of nitrogens with one attached hydrogen (secondary N) is 1. The highest BCUT2D eigenvalue weighted by Crippen LogP contribution is 2.28. The number of carbonyl (C=O) groups excluding carboxylic acids is 1. The van der Waals surface area contributed by atoms with Crippen molar-refractivity contribution in [2.45, 2.75) is 37.8 Å². The predicted octanol–water partition coefficient (Wildman–Crippen LogP) is 1.29. The van der Waals surface area contributed by atoms with Gasteiger partial charge in [-0.2, -0.15) is 11.3 Å². The first kappa shape index (κ1) is 16.9. The summed E-state index contributed by atoms with van der Waals surface area (Å²) in [5.41, 5.74) is 1.15. The molecule has 1 aliphatic carbocycles. The second-order valence-electron chi connectivity index (χ2n) is 6.79. The molecule has 0 radical (unpaired) electrons. The Morgan fingerprint density at radius 3 is 2.61 bits per heavy atom. The molecule has 1 amide bonds. The maximum atomic E-state index is 12.4. The Morgan fingerprint density at radius 2 is 2.00 bits per heavy atom. The van der Waals surface area contributed by atoms with Crippen LogP contribution in [0.25, 0.3) is 0 Å². The van der Waals surface area contributed by atoms with Crippen LogP contribution < -0.4 is 5.32 Å². The van der Waals surface area contributed by atoms with Crippen LogP contribution in [0.5, 0.6) is 0 Å². The highest BCUT2D eigenvalue weighted by atomic mass is 32.1. The number of piperazine rings is 1. The van der Waals surface area contributed by atoms with E-state index in [0.717, 1.165) is 58.4 Å². The molecule has 5 nitrogen and oxygen atoms in total. The van der Waals surface area contributed by atoms with Crippen LogP contribution in [0.4, 0.5) is 0 Å². The van der Waals surface area contributed by atoms with E-state index in [4.69, 9.17) is 0 Å². The number of hydrogen-bond donors (Lipinski definition) is 2. The van der Waals surface area contributed by atoms with E-state index in [2.05, 4.69) is 27.0 Å². The molecule has 0 atom stereocenters. The molecule has 3 rings (SSSR count). The van der Waals surface area contributed by atoms with Crippen LogP contribution in [-0.4, -0.2) is 65.7 Å². The quantitative estimate of drug-likeness (QED) is 0.821. The zero-order valence-electron chi connectivity index (χ0n) is 13.7. The minimum atomic E-state index is -0.212. The van der Waals surface area contributed by atoms with Gasteiger partial charge in [0.2, 0.25) is 5.91 Å². The molecule has 2 aliphatic rings. The van der Waals surface area contributed by atoms with Gasteiger partial charge in [0.1, 0.15) is 0 Å². The summed E-state index contributed by atoms with van der Waals surface area (Å²) >= 11 is 1.73. The number of aliphatic hydroxyl groups excluding tert-OH is 1. The Hall–Kier alpha value is -0.950. The monoisotopic (exact) mass is 337 g/mol. The average Bonchev–Trinajstić information content (AvgIpc) is 3.25. The lowest BCUT2D eigenvalue weighted by Crippen LogP contribution is -2.54. The third kappa shape index (κ3) is 4.32. The van der Waals surface area contributed by atoms with E-state index in [1.807, 2.05) is 4.90 Å². The molecule has 1 aromatic heterocycles. The Bertz CT molecular complexity index is 492. The van der Waals surface area contributed by atoms with E-state index in [0.29, 0.717) is 6.54 Å². The zero-order chi connectivity index (χ0) is 16.1. The number of hydrogen-bond acceptors (Lipinski definition) is 5. The predicted molar refractivity (Wildman–Crippen MR) is 92.5 cm³/mol. The highest BCUT2D eigenvalue weighted by Gasteiger charge is 2.33. The summed E-state index contributed by atoms with van der Waals surface area (Å²) in [5, 5.41) is 17.2. The fraction of sp³-hybridized carbons (Fsp3) is 0.706. The topological polar surface area (TPSA) is 55.8 Å². The first-order valence-electron chi connectivity index (χ1n) is 8.58. The van der Waals surface area contributed by atoms with E-state index >= 15 is 0 Å². The summed E-state index contributed by atoms with van der Waals surface area (Å²) in [6, 6.07) is 2.17. The first-order valence-corrected chi connectivity index (χ1v) is 9.52. The molecule has 2 N–H and O–H groups in total. The molecule has 1 saturated heterocycles. The van der Waals surface area contributed by atoms with Crippen molar-refractivity contribution >= 4 is 17.2 Å². The minimum absolute atomic E-state index is 0.134. The highest BCUT2D eigenvalue weighted by molar-refractivity contribution is 7.07. The number of aliphatic hydroxyl groups is 1. The van der Waals surface area contributed by atoms with Gasteiger partial charge in [0.05, 0.1) is 13.2 Å². The van der Waals surface area contributed by atoms with Crippen LogP contribution in [0, 0.1) is 0 Å². The Kier molecular flexibility index (Phi) is 5.69. The van der Waals surface area contributed by atoms with Crippen LogP contribution >= 0.6 is 11.3 Å². The van der Waals surface area contributed by atoms with Crippen molar-refractivity contribution in [2.24, 2.45) is 0 Å². The van der Waals surface area contributed by atoms with Gasteiger partial charge in [0.15, 0.2) is 0 Å². The third-order valence-corrected chi connectivity index (χ3v) is 5.92. The molecule has 1 aromatic rings. The maximum absolute atomic E-state index is 12.4. The molecule has 0 spiro atoms. The van der Waals surface area contributed by atoms with Crippen molar-refractivity contribution in [1.82, 2.24) is 15.1 Å². The van der Waals surface area contributed by atoms with Gasteiger partial charge in [-0.25, -0.2) is 0 Å². The molecule has 128 valence electrons. The summed E-state index contributed by atoms with van der Waals surface area (Å²) in [7, 11) is 0. The largest absolute Gasteiger partial charge is 0.394 e. The van der Waals surface area contributed by atoms with Crippen LogP contribution in [0.1, 0.15) is 31.2 Å². The summed E-state index contributed by atoms with van der Waals surface area (Å²) in [4.78, 5) is 16.8. The zero-order valence-corrected chi connectivity index (χ0v) is 14.5.